The number of tetrazole rings is 1. The highest BCUT2D eigenvalue weighted by Crippen LogP contribution is 2.36. The maximum absolute atomic E-state index is 13.3. The van der Waals surface area contributed by atoms with Crippen molar-refractivity contribution in [2.75, 3.05) is 19.9 Å². The molecular formula is C22H27N6O3+. The van der Waals surface area contributed by atoms with Crippen LogP contribution < -0.4 is 19.9 Å². The highest BCUT2D eigenvalue weighted by atomic mass is 16.7. The number of fused-ring (bicyclic) bond motifs is 2. The van der Waals surface area contributed by atoms with Gasteiger partial charge in [0, 0.05) is 24.3 Å². The Labute approximate surface area is 179 Å². The van der Waals surface area contributed by atoms with Gasteiger partial charge in [0.1, 0.15) is 0 Å². The summed E-state index contributed by atoms with van der Waals surface area (Å²) in [5.74, 6) is 2.19. The first kappa shape index (κ1) is 18.8. The summed E-state index contributed by atoms with van der Waals surface area (Å²) < 4.78 is 13.0. The van der Waals surface area contributed by atoms with Crippen LogP contribution in [0.2, 0.25) is 0 Å². The van der Waals surface area contributed by atoms with E-state index in [9.17, 15) is 4.79 Å². The van der Waals surface area contributed by atoms with Crippen LogP contribution in [0.1, 0.15) is 68.4 Å². The van der Waals surface area contributed by atoms with Crippen molar-refractivity contribution in [1.29, 1.82) is 0 Å². The minimum Gasteiger partial charge on any atom is -0.454 e. The second kappa shape index (κ2) is 7.64. The van der Waals surface area contributed by atoms with Gasteiger partial charge in [0.05, 0.1) is 30.2 Å². The van der Waals surface area contributed by atoms with Gasteiger partial charge in [-0.3, -0.25) is 4.79 Å². The molecule has 1 aliphatic carbocycles. The Kier molecular flexibility index (Phi) is 4.63. The van der Waals surface area contributed by atoms with Crippen molar-refractivity contribution in [3.8, 4) is 11.5 Å². The number of aromatic nitrogens is 5. The van der Waals surface area contributed by atoms with Crippen molar-refractivity contribution >= 4 is 10.9 Å². The molecule has 0 spiro atoms. The molecule has 0 radical (unpaired) electrons. The fraction of sp³-hybridized carbons (Fsp3) is 0.545. The van der Waals surface area contributed by atoms with Crippen molar-refractivity contribution < 1.29 is 14.4 Å². The van der Waals surface area contributed by atoms with Gasteiger partial charge in [-0.05, 0) is 35.4 Å². The number of hydrogen-bond donors (Lipinski definition) is 2. The van der Waals surface area contributed by atoms with Gasteiger partial charge in [0.15, 0.2) is 17.5 Å². The number of rotatable bonds is 4. The molecule has 0 amide bonds. The van der Waals surface area contributed by atoms with Crippen LogP contribution in [-0.2, 0) is 0 Å². The standard InChI is InChI=1S/C22H26N6O3/c29-22-16(10-14-11-18-19(31-13-30-18)12-17(14)23-22)20(27-8-4-5-9-27)21-24-25-26-28(21)15-6-2-1-3-7-15/h10-12,15,20H,1-9,13H2,(H,23,29)/p+1/t20-/m1/s1. The molecule has 9 heteroatoms. The third kappa shape index (κ3) is 3.27. The van der Waals surface area contributed by atoms with Gasteiger partial charge < -0.3 is 19.4 Å². The maximum Gasteiger partial charge on any atom is 0.258 e. The molecule has 9 nitrogen and oxygen atoms in total. The number of H-pyrrole nitrogens is 1. The minimum absolute atomic E-state index is 0.0889. The van der Waals surface area contributed by atoms with Crippen molar-refractivity contribution in [3.05, 3.63) is 39.9 Å². The SMILES string of the molecule is O=c1[nH]c2cc3c(cc2cc1[C@H](c1nnnn1C1CCCCC1)[NH+]1CCCC1)OCO3. The lowest BCUT2D eigenvalue weighted by molar-refractivity contribution is -0.914. The van der Waals surface area contributed by atoms with Crippen LogP contribution in [0.15, 0.2) is 23.0 Å². The molecule has 3 aliphatic rings. The number of hydrogen-bond acceptors (Lipinski definition) is 6. The van der Waals surface area contributed by atoms with E-state index in [0.29, 0.717) is 17.5 Å². The molecule has 2 fully saturated rings. The molecule has 162 valence electrons. The first-order chi connectivity index (χ1) is 15.3. The molecule has 6 rings (SSSR count). The fourth-order valence-electron chi connectivity index (χ4n) is 5.46. The van der Waals surface area contributed by atoms with Crippen molar-refractivity contribution in [2.45, 2.75) is 57.0 Å². The number of benzene rings is 1. The van der Waals surface area contributed by atoms with Crippen LogP contribution >= 0.6 is 0 Å². The molecule has 3 aromatic rings. The summed E-state index contributed by atoms with van der Waals surface area (Å²) in [5, 5.41) is 13.9. The van der Waals surface area contributed by atoms with E-state index in [0.717, 1.165) is 61.1 Å². The number of ether oxygens (including phenoxy) is 2. The lowest BCUT2D eigenvalue weighted by atomic mass is 9.95. The van der Waals surface area contributed by atoms with Gasteiger partial charge >= 0.3 is 0 Å². The second-order valence-corrected chi connectivity index (χ2v) is 8.92. The summed E-state index contributed by atoms with van der Waals surface area (Å²) in [6.45, 7) is 2.24. The van der Waals surface area contributed by atoms with Crippen molar-refractivity contribution in [3.63, 3.8) is 0 Å². The molecule has 1 aromatic carbocycles. The van der Waals surface area contributed by atoms with E-state index in [-0.39, 0.29) is 18.4 Å². The third-order valence-corrected chi connectivity index (χ3v) is 7.03. The Morgan fingerprint density at radius 1 is 1.03 bits per heavy atom. The van der Waals surface area contributed by atoms with E-state index in [2.05, 4.69) is 20.5 Å². The molecule has 1 atom stereocenters. The average Bonchev–Trinajstić information content (AvgIpc) is 3.56. The molecule has 31 heavy (non-hydrogen) atoms. The summed E-state index contributed by atoms with van der Waals surface area (Å²) in [7, 11) is 0. The number of aromatic amines is 1. The summed E-state index contributed by atoms with van der Waals surface area (Å²) in [6.07, 6.45) is 8.18. The first-order valence-electron chi connectivity index (χ1n) is 11.4. The molecular weight excluding hydrogens is 396 g/mol. The van der Waals surface area contributed by atoms with Gasteiger partial charge in [0.2, 0.25) is 12.6 Å². The quantitative estimate of drug-likeness (QED) is 0.660. The van der Waals surface area contributed by atoms with Crippen molar-refractivity contribution in [1.82, 2.24) is 25.2 Å². The third-order valence-electron chi connectivity index (χ3n) is 7.03. The summed E-state index contributed by atoms with van der Waals surface area (Å²) in [6, 6.07) is 5.91. The van der Waals surface area contributed by atoms with E-state index in [1.54, 1.807) is 0 Å². The molecule has 1 saturated heterocycles. The monoisotopic (exact) mass is 423 g/mol. The number of nitrogens with zero attached hydrogens (tertiary/aromatic N) is 4. The second-order valence-electron chi connectivity index (χ2n) is 8.92. The largest absolute Gasteiger partial charge is 0.454 e. The van der Waals surface area contributed by atoms with E-state index in [4.69, 9.17) is 9.47 Å². The summed E-state index contributed by atoms with van der Waals surface area (Å²) in [5.41, 5.74) is 1.38. The smallest absolute Gasteiger partial charge is 0.258 e. The average molecular weight is 423 g/mol. The summed E-state index contributed by atoms with van der Waals surface area (Å²) >= 11 is 0. The topological polar surface area (TPSA) is 99.4 Å². The zero-order chi connectivity index (χ0) is 20.8. The zero-order valence-electron chi connectivity index (χ0n) is 17.5. The molecule has 1 saturated carbocycles. The van der Waals surface area contributed by atoms with Gasteiger partial charge in [-0.25, -0.2) is 4.68 Å². The van der Waals surface area contributed by atoms with Gasteiger partial charge in [-0.1, -0.05) is 19.3 Å². The van der Waals surface area contributed by atoms with Crippen LogP contribution in [0.4, 0.5) is 0 Å². The van der Waals surface area contributed by atoms with Gasteiger partial charge in [-0.15, -0.1) is 5.10 Å². The lowest BCUT2D eigenvalue weighted by Crippen LogP contribution is -3.10. The molecule has 2 N–H and O–H groups in total. The van der Waals surface area contributed by atoms with Crippen LogP contribution in [-0.4, -0.2) is 45.1 Å². The van der Waals surface area contributed by atoms with Gasteiger partial charge in [-0.2, -0.15) is 0 Å². The Morgan fingerprint density at radius 3 is 2.61 bits per heavy atom. The normalized spacial score (nSPS) is 20.5. The minimum atomic E-state index is -0.182. The number of pyridine rings is 1. The summed E-state index contributed by atoms with van der Waals surface area (Å²) in [4.78, 5) is 17.7. The van der Waals surface area contributed by atoms with E-state index in [1.165, 1.54) is 24.2 Å². The van der Waals surface area contributed by atoms with Crippen LogP contribution in [0.25, 0.3) is 10.9 Å². The van der Waals surface area contributed by atoms with Crippen molar-refractivity contribution in [2.24, 2.45) is 0 Å². The van der Waals surface area contributed by atoms with Crippen LogP contribution in [0.3, 0.4) is 0 Å². The molecule has 0 bridgehead atoms. The predicted octanol–water partition coefficient (Wildman–Crippen LogP) is 1.52. The Balaban J connectivity index is 1.48. The molecule has 4 heterocycles. The van der Waals surface area contributed by atoms with E-state index >= 15 is 0 Å². The maximum atomic E-state index is 13.3. The van der Waals surface area contributed by atoms with Crippen LogP contribution in [0.5, 0.6) is 11.5 Å². The first-order valence-corrected chi connectivity index (χ1v) is 11.4. The van der Waals surface area contributed by atoms with E-state index < -0.39 is 0 Å². The van der Waals surface area contributed by atoms with Crippen LogP contribution in [0, 0.1) is 0 Å². The zero-order valence-corrected chi connectivity index (χ0v) is 17.5. The Morgan fingerprint density at radius 2 is 1.81 bits per heavy atom. The molecule has 2 aromatic heterocycles. The highest BCUT2D eigenvalue weighted by Gasteiger charge is 2.37. The predicted molar refractivity (Wildman–Crippen MR) is 112 cm³/mol. The number of likely N-dealkylation sites (tertiary alicyclic amines) is 1. The number of nitrogens with one attached hydrogen (secondary N) is 2. The molecule has 2 aliphatic heterocycles. The lowest BCUT2D eigenvalue weighted by Gasteiger charge is -2.27. The van der Waals surface area contributed by atoms with E-state index in [1.807, 2.05) is 22.9 Å². The Hall–Kier alpha value is -2.94. The van der Waals surface area contributed by atoms with Gasteiger partial charge in [0.25, 0.3) is 5.56 Å². The fourth-order valence-corrected chi connectivity index (χ4v) is 5.46. The highest BCUT2D eigenvalue weighted by molar-refractivity contribution is 5.83. The molecule has 0 unspecified atom stereocenters. The number of quaternary nitrogens is 1. The Bertz CT molecular complexity index is 1160.